The van der Waals surface area contributed by atoms with Crippen molar-refractivity contribution in [1.29, 1.82) is 0 Å². The SMILES string of the molecule is COc1cccc(CCCNC(=O)C(C)N(c2cccc(OC)c2)S(C)(=O)=O)c1. The lowest BCUT2D eigenvalue weighted by Crippen LogP contribution is -2.48. The van der Waals surface area contributed by atoms with E-state index in [0.29, 0.717) is 18.0 Å². The topological polar surface area (TPSA) is 84.9 Å². The standard InChI is InChI=1S/C21H28N2O5S/c1-16(23(29(4,25)26)18-10-6-12-20(15-18)28-3)21(24)22-13-7-9-17-8-5-11-19(14-17)27-2/h5-6,8,10-12,14-16H,7,9,13H2,1-4H3,(H,22,24). The minimum atomic E-state index is -3.67. The molecule has 0 saturated heterocycles. The molecule has 158 valence electrons. The molecule has 1 amide bonds. The van der Waals surface area contributed by atoms with E-state index in [1.54, 1.807) is 38.3 Å². The number of methoxy groups -OCH3 is 2. The van der Waals surface area contributed by atoms with E-state index in [1.807, 2.05) is 24.3 Å². The van der Waals surface area contributed by atoms with Crippen molar-refractivity contribution >= 4 is 21.6 Å². The fourth-order valence-electron chi connectivity index (χ4n) is 3.04. The first-order valence-corrected chi connectivity index (χ1v) is 11.1. The Morgan fingerprint density at radius 2 is 1.69 bits per heavy atom. The molecule has 0 aliphatic heterocycles. The van der Waals surface area contributed by atoms with Gasteiger partial charge in [-0.05, 0) is 49.6 Å². The molecule has 8 heteroatoms. The third-order valence-electron chi connectivity index (χ3n) is 4.47. The van der Waals surface area contributed by atoms with E-state index in [2.05, 4.69) is 5.32 Å². The summed E-state index contributed by atoms with van der Waals surface area (Å²) in [5.41, 5.74) is 1.49. The Morgan fingerprint density at radius 3 is 2.31 bits per heavy atom. The summed E-state index contributed by atoms with van der Waals surface area (Å²) in [4.78, 5) is 12.6. The fourth-order valence-corrected chi connectivity index (χ4v) is 4.20. The van der Waals surface area contributed by atoms with Crippen molar-refractivity contribution in [2.75, 3.05) is 31.3 Å². The summed E-state index contributed by atoms with van der Waals surface area (Å²) in [6.07, 6.45) is 2.58. The number of carbonyl (C=O) groups is 1. The maximum atomic E-state index is 12.6. The van der Waals surface area contributed by atoms with Crippen molar-refractivity contribution in [2.24, 2.45) is 0 Å². The van der Waals surface area contributed by atoms with Crippen LogP contribution in [-0.4, -0.2) is 47.4 Å². The number of ether oxygens (including phenoxy) is 2. The van der Waals surface area contributed by atoms with E-state index in [9.17, 15) is 13.2 Å². The van der Waals surface area contributed by atoms with Crippen LogP contribution < -0.4 is 19.1 Å². The Balaban J connectivity index is 1.99. The minimum absolute atomic E-state index is 0.358. The van der Waals surface area contributed by atoms with E-state index in [4.69, 9.17) is 9.47 Å². The Kier molecular flexibility index (Phi) is 7.90. The van der Waals surface area contributed by atoms with Gasteiger partial charge in [-0.3, -0.25) is 9.10 Å². The van der Waals surface area contributed by atoms with Gasteiger partial charge >= 0.3 is 0 Å². The van der Waals surface area contributed by atoms with Crippen LogP contribution in [0.1, 0.15) is 18.9 Å². The Morgan fingerprint density at radius 1 is 1.07 bits per heavy atom. The van der Waals surface area contributed by atoms with Gasteiger partial charge in [0.15, 0.2) is 0 Å². The van der Waals surface area contributed by atoms with Crippen molar-refractivity contribution < 1.29 is 22.7 Å². The molecule has 2 rings (SSSR count). The second-order valence-corrected chi connectivity index (χ2v) is 8.54. The van der Waals surface area contributed by atoms with Crippen LogP contribution in [0.2, 0.25) is 0 Å². The Labute approximate surface area is 172 Å². The average molecular weight is 421 g/mol. The zero-order chi connectivity index (χ0) is 21.4. The summed E-state index contributed by atoms with van der Waals surface area (Å²) in [6.45, 7) is 2.01. The molecule has 0 fully saturated rings. The summed E-state index contributed by atoms with van der Waals surface area (Å²) in [7, 11) is -0.541. The van der Waals surface area contributed by atoms with Crippen LogP contribution in [0.4, 0.5) is 5.69 Å². The molecule has 0 aromatic heterocycles. The summed E-state index contributed by atoms with van der Waals surface area (Å²) >= 11 is 0. The lowest BCUT2D eigenvalue weighted by Gasteiger charge is -2.28. The molecule has 0 bridgehead atoms. The van der Waals surface area contributed by atoms with Gasteiger partial charge in [0, 0.05) is 12.6 Å². The van der Waals surface area contributed by atoms with Gasteiger partial charge in [0.2, 0.25) is 15.9 Å². The van der Waals surface area contributed by atoms with Gasteiger partial charge in [-0.2, -0.15) is 0 Å². The van der Waals surface area contributed by atoms with E-state index in [-0.39, 0.29) is 5.91 Å². The number of amides is 1. The van der Waals surface area contributed by atoms with Crippen molar-refractivity contribution in [3.63, 3.8) is 0 Å². The maximum Gasteiger partial charge on any atom is 0.243 e. The smallest absolute Gasteiger partial charge is 0.243 e. The molecule has 29 heavy (non-hydrogen) atoms. The van der Waals surface area contributed by atoms with Crippen LogP contribution in [0.25, 0.3) is 0 Å². The number of nitrogens with zero attached hydrogens (tertiary/aromatic N) is 1. The molecule has 0 aliphatic carbocycles. The van der Waals surface area contributed by atoms with Crippen molar-refractivity contribution in [3.05, 3.63) is 54.1 Å². The molecule has 0 heterocycles. The van der Waals surface area contributed by atoms with Crippen molar-refractivity contribution in [2.45, 2.75) is 25.8 Å². The third kappa shape index (κ3) is 6.39. The number of sulfonamides is 1. The second-order valence-electron chi connectivity index (χ2n) is 6.68. The lowest BCUT2D eigenvalue weighted by atomic mass is 10.1. The Hall–Kier alpha value is -2.74. The van der Waals surface area contributed by atoms with E-state index in [0.717, 1.165) is 34.7 Å². The molecule has 0 spiro atoms. The summed E-state index contributed by atoms with van der Waals surface area (Å²) < 4.78 is 36.2. The number of anilines is 1. The highest BCUT2D eigenvalue weighted by molar-refractivity contribution is 7.92. The predicted molar refractivity (Wildman–Crippen MR) is 114 cm³/mol. The highest BCUT2D eigenvalue weighted by Gasteiger charge is 2.29. The second kappa shape index (κ2) is 10.2. The van der Waals surface area contributed by atoms with E-state index < -0.39 is 16.1 Å². The first kappa shape index (κ1) is 22.5. The number of hydrogen-bond acceptors (Lipinski definition) is 5. The van der Waals surface area contributed by atoms with Gasteiger partial charge in [-0.1, -0.05) is 18.2 Å². The number of benzene rings is 2. The number of carbonyl (C=O) groups excluding carboxylic acids is 1. The predicted octanol–water partition coefficient (Wildman–Crippen LogP) is 2.61. The van der Waals surface area contributed by atoms with Gasteiger partial charge in [-0.25, -0.2) is 8.42 Å². The van der Waals surface area contributed by atoms with Crippen LogP contribution in [-0.2, 0) is 21.2 Å². The van der Waals surface area contributed by atoms with Crippen LogP contribution in [0.15, 0.2) is 48.5 Å². The van der Waals surface area contributed by atoms with Gasteiger partial charge < -0.3 is 14.8 Å². The molecule has 0 aliphatic rings. The third-order valence-corrected chi connectivity index (χ3v) is 5.71. The van der Waals surface area contributed by atoms with Crippen LogP contribution >= 0.6 is 0 Å². The van der Waals surface area contributed by atoms with Crippen molar-refractivity contribution in [1.82, 2.24) is 5.32 Å². The quantitative estimate of drug-likeness (QED) is 0.597. The number of rotatable bonds is 10. The first-order valence-electron chi connectivity index (χ1n) is 9.30. The van der Waals surface area contributed by atoms with Crippen LogP contribution in [0.3, 0.4) is 0 Å². The molecular weight excluding hydrogens is 392 g/mol. The van der Waals surface area contributed by atoms with E-state index >= 15 is 0 Å². The molecule has 2 aromatic carbocycles. The summed E-state index contributed by atoms with van der Waals surface area (Å²) in [6, 6.07) is 13.5. The zero-order valence-corrected chi connectivity index (χ0v) is 18.0. The highest BCUT2D eigenvalue weighted by Crippen LogP contribution is 2.25. The maximum absolute atomic E-state index is 12.6. The molecule has 2 aromatic rings. The number of nitrogens with one attached hydrogen (secondary N) is 1. The van der Waals surface area contributed by atoms with Crippen LogP contribution in [0, 0.1) is 0 Å². The van der Waals surface area contributed by atoms with Gasteiger partial charge in [0.05, 0.1) is 26.2 Å². The molecule has 1 atom stereocenters. The molecule has 0 radical (unpaired) electrons. The molecule has 1 unspecified atom stereocenters. The fraction of sp³-hybridized carbons (Fsp3) is 0.381. The highest BCUT2D eigenvalue weighted by atomic mass is 32.2. The van der Waals surface area contributed by atoms with Gasteiger partial charge in [0.25, 0.3) is 0 Å². The van der Waals surface area contributed by atoms with E-state index in [1.165, 1.54) is 7.11 Å². The monoisotopic (exact) mass is 420 g/mol. The zero-order valence-electron chi connectivity index (χ0n) is 17.2. The first-order chi connectivity index (χ1) is 13.8. The molecule has 0 saturated carbocycles. The van der Waals surface area contributed by atoms with Crippen molar-refractivity contribution in [3.8, 4) is 11.5 Å². The van der Waals surface area contributed by atoms with Gasteiger partial charge in [0.1, 0.15) is 17.5 Å². The minimum Gasteiger partial charge on any atom is -0.497 e. The largest absolute Gasteiger partial charge is 0.497 e. The van der Waals surface area contributed by atoms with Crippen LogP contribution in [0.5, 0.6) is 11.5 Å². The molecule has 1 N–H and O–H groups in total. The summed E-state index contributed by atoms with van der Waals surface area (Å²) in [5, 5.41) is 2.82. The number of aryl methyl sites for hydroxylation is 1. The lowest BCUT2D eigenvalue weighted by molar-refractivity contribution is -0.121. The molecule has 7 nitrogen and oxygen atoms in total. The Bertz CT molecular complexity index is 930. The average Bonchev–Trinajstić information content (AvgIpc) is 2.70. The molecular formula is C21H28N2O5S. The summed E-state index contributed by atoms with van der Waals surface area (Å²) in [5.74, 6) is 0.952. The van der Waals surface area contributed by atoms with Gasteiger partial charge in [-0.15, -0.1) is 0 Å². The number of hydrogen-bond donors (Lipinski definition) is 1. The normalized spacial score (nSPS) is 12.1.